The summed E-state index contributed by atoms with van der Waals surface area (Å²) in [6.45, 7) is 4.94. The summed E-state index contributed by atoms with van der Waals surface area (Å²) in [4.78, 5) is 21.6. The molecule has 2 fully saturated rings. The Labute approximate surface area is 229 Å². The van der Waals surface area contributed by atoms with Gasteiger partial charge < -0.3 is 26.6 Å². The van der Waals surface area contributed by atoms with Crippen molar-refractivity contribution >= 4 is 27.9 Å². The van der Waals surface area contributed by atoms with E-state index >= 15 is 8.78 Å². The minimum absolute atomic E-state index is 0.0287. The first-order chi connectivity index (χ1) is 18.6. The highest BCUT2D eigenvalue weighted by Crippen LogP contribution is 2.42. The molecule has 1 aliphatic heterocycles. The summed E-state index contributed by atoms with van der Waals surface area (Å²) in [5.74, 6) is -1.39. The van der Waals surface area contributed by atoms with Crippen molar-refractivity contribution in [3.05, 3.63) is 59.0 Å². The van der Waals surface area contributed by atoms with Gasteiger partial charge in [-0.3, -0.25) is 9.78 Å². The van der Waals surface area contributed by atoms with Gasteiger partial charge >= 0.3 is 0 Å². The summed E-state index contributed by atoms with van der Waals surface area (Å²) in [7, 11) is 0. The van der Waals surface area contributed by atoms with Crippen LogP contribution in [0.2, 0.25) is 0 Å². The molecule has 1 saturated carbocycles. The highest BCUT2D eigenvalue weighted by atomic mass is 32.1. The minimum Gasteiger partial charge on any atom is -0.389 e. The van der Waals surface area contributed by atoms with E-state index < -0.39 is 28.7 Å². The quantitative estimate of drug-likeness (QED) is 0.354. The van der Waals surface area contributed by atoms with Gasteiger partial charge in [-0.2, -0.15) is 0 Å². The fraction of sp³-hybridized carbons (Fsp3) is 0.464. The van der Waals surface area contributed by atoms with Crippen molar-refractivity contribution in [3.8, 4) is 10.6 Å². The molecule has 2 aromatic heterocycles. The zero-order valence-electron chi connectivity index (χ0n) is 21.9. The van der Waals surface area contributed by atoms with Crippen molar-refractivity contribution in [1.29, 1.82) is 0 Å². The molecule has 1 saturated heterocycles. The van der Waals surface area contributed by atoms with E-state index in [9.17, 15) is 9.90 Å². The summed E-state index contributed by atoms with van der Waals surface area (Å²) in [6, 6.07) is 4.15. The lowest BCUT2D eigenvalue weighted by Gasteiger charge is -2.37. The summed E-state index contributed by atoms with van der Waals surface area (Å²) in [6.07, 6.45) is 5.45. The molecule has 1 amide bonds. The van der Waals surface area contributed by atoms with E-state index in [4.69, 9.17) is 16.2 Å². The number of benzene rings is 1. The van der Waals surface area contributed by atoms with Crippen molar-refractivity contribution in [2.75, 3.05) is 24.3 Å². The van der Waals surface area contributed by atoms with Crippen molar-refractivity contribution in [3.63, 3.8) is 0 Å². The molecule has 0 unspecified atom stereocenters. The normalized spacial score (nSPS) is 24.9. The van der Waals surface area contributed by atoms with Crippen LogP contribution in [0.3, 0.4) is 0 Å². The van der Waals surface area contributed by atoms with Crippen LogP contribution >= 0.6 is 11.3 Å². The summed E-state index contributed by atoms with van der Waals surface area (Å²) >= 11 is 0.819. The Morgan fingerprint density at radius 3 is 2.56 bits per heavy atom. The molecule has 0 spiro atoms. The standard InChI is InChI=1S/C28H33F2N5O3S/c1-14-9-16(10-21(31)15(14)2)18-3-6-33-13-22(18)34-26(36)24-25(32)39-27(35-24)23-19(29)11-17(12-20(23)30)28(37)4-7-38-8-5-28/h3,6,11-16,21,37H,4-5,7-10,31-32H2,1-2H3,(H,34,36)/t14-,15-,16+,21+/m0/s1. The Kier molecular flexibility index (Phi) is 7.69. The third-order valence-corrected chi connectivity index (χ3v) is 9.21. The van der Waals surface area contributed by atoms with Crippen LogP contribution in [0.25, 0.3) is 10.6 Å². The van der Waals surface area contributed by atoms with Gasteiger partial charge in [-0.25, -0.2) is 13.8 Å². The average Bonchev–Trinajstić information content (AvgIpc) is 3.28. The number of aromatic nitrogens is 2. The van der Waals surface area contributed by atoms with Crippen LogP contribution in [0.5, 0.6) is 0 Å². The number of nitrogens with two attached hydrogens (primary N) is 2. The minimum atomic E-state index is -1.37. The van der Waals surface area contributed by atoms with Crippen LogP contribution in [0.4, 0.5) is 19.5 Å². The number of anilines is 2. The van der Waals surface area contributed by atoms with E-state index in [1.165, 1.54) is 0 Å². The van der Waals surface area contributed by atoms with Gasteiger partial charge in [0.2, 0.25) is 0 Å². The molecule has 2 aliphatic rings. The number of hydrogen-bond donors (Lipinski definition) is 4. The number of pyridine rings is 1. The predicted molar refractivity (Wildman–Crippen MR) is 146 cm³/mol. The summed E-state index contributed by atoms with van der Waals surface area (Å²) in [5.41, 5.74) is 12.2. The van der Waals surface area contributed by atoms with Crippen LogP contribution in [0, 0.1) is 23.5 Å². The number of nitrogens with one attached hydrogen (secondary N) is 1. The molecule has 6 N–H and O–H groups in total. The number of amides is 1. The number of nitrogens with zero attached hydrogens (tertiary/aromatic N) is 2. The Hall–Kier alpha value is -2.99. The van der Waals surface area contributed by atoms with E-state index in [1.807, 2.05) is 6.07 Å². The van der Waals surface area contributed by atoms with Crippen LogP contribution in [0.1, 0.15) is 67.1 Å². The number of rotatable bonds is 5. The molecule has 5 rings (SSSR count). The maximum absolute atomic E-state index is 15.2. The second-order valence-corrected chi connectivity index (χ2v) is 11.8. The van der Waals surface area contributed by atoms with Crippen molar-refractivity contribution in [2.24, 2.45) is 17.6 Å². The van der Waals surface area contributed by atoms with Gasteiger partial charge in [-0.05, 0) is 59.9 Å². The molecular weight excluding hydrogens is 524 g/mol. The first-order valence-electron chi connectivity index (χ1n) is 13.1. The molecule has 0 bridgehead atoms. The van der Waals surface area contributed by atoms with Crippen LogP contribution in [0.15, 0.2) is 30.6 Å². The topological polar surface area (TPSA) is 136 Å². The Morgan fingerprint density at radius 1 is 1.21 bits per heavy atom. The molecule has 1 aromatic carbocycles. The van der Waals surface area contributed by atoms with Gasteiger partial charge in [0.1, 0.15) is 21.6 Å². The first-order valence-corrected chi connectivity index (χ1v) is 14.0. The first kappa shape index (κ1) is 27.6. The third-order valence-electron chi connectivity index (χ3n) is 8.31. The predicted octanol–water partition coefficient (Wildman–Crippen LogP) is 4.79. The molecule has 208 valence electrons. The smallest absolute Gasteiger partial charge is 0.277 e. The van der Waals surface area contributed by atoms with E-state index in [0.717, 1.165) is 41.9 Å². The van der Waals surface area contributed by atoms with E-state index in [-0.39, 0.29) is 46.1 Å². The number of carbonyl (C=O) groups excluding carboxylic acids is 1. The number of ether oxygens (including phenoxy) is 1. The van der Waals surface area contributed by atoms with Crippen molar-refractivity contribution in [1.82, 2.24) is 9.97 Å². The van der Waals surface area contributed by atoms with Crippen LogP contribution in [-0.2, 0) is 10.3 Å². The summed E-state index contributed by atoms with van der Waals surface area (Å²) < 4.78 is 35.6. The molecule has 39 heavy (non-hydrogen) atoms. The number of nitrogen functional groups attached to an aromatic ring is 1. The van der Waals surface area contributed by atoms with Gasteiger partial charge in [0, 0.05) is 38.3 Å². The summed E-state index contributed by atoms with van der Waals surface area (Å²) in [5, 5.41) is 13.7. The number of hydrogen-bond acceptors (Lipinski definition) is 8. The average molecular weight is 558 g/mol. The Balaban J connectivity index is 1.40. The second-order valence-electron chi connectivity index (χ2n) is 10.8. The molecule has 3 heterocycles. The molecule has 0 radical (unpaired) electrons. The third kappa shape index (κ3) is 5.41. The molecule has 11 heteroatoms. The maximum atomic E-state index is 15.2. The van der Waals surface area contributed by atoms with Crippen LogP contribution in [-0.4, -0.2) is 40.2 Å². The lowest BCUT2D eigenvalue weighted by molar-refractivity contribution is -0.0682. The molecule has 3 aromatic rings. The zero-order chi connectivity index (χ0) is 27.9. The van der Waals surface area contributed by atoms with Crippen molar-refractivity contribution in [2.45, 2.75) is 57.1 Å². The monoisotopic (exact) mass is 557 g/mol. The Bertz CT molecular complexity index is 1340. The fourth-order valence-electron chi connectivity index (χ4n) is 5.67. The molecule has 8 nitrogen and oxygen atoms in total. The largest absolute Gasteiger partial charge is 0.389 e. The number of aliphatic hydroxyl groups is 1. The highest BCUT2D eigenvalue weighted by molar-refractivity contribution is 7.19. The van der Waals surface area contributed by atoms with Gasteiger partial charge in [0.05, 0.1) is 23.0 Å². The van der Waals surface area contributed by atoms with E-state index in [2.05, 4.69) is 29.1 Å². The number of thiazole rings is 1. The van der Waals surface area contributed by atoms with E-state index in [0.29, 0.717) is 30.7 Å². The lowest BCUT2D eigenvalue weighted by Crippen LogP contribution is -2.39. The van der Waals surface area contributed by atoms with Crippen LogP contribution < -0.4 is 16.8 Å². The molecular formula is C28H33F2N5O3S. The molecule has 1 aliphatic carbocycles. The SMILES string of the molecule is C[C@@H]1[C@H](N)C[C@H](c2ccncc2NC(=O)c2nc(-c3c(F)cc(C4(O)CCOCC4)cc3F)sc2N)C[C@@H]1C. The van der Waals surface area contributed by atoms with Crippen molar-refractivity contribution < 1.29 is 23.4 Å². The van der Waals surface area contributed by atoms with E-state index in [1.54, 1.807) is 12.4 Å². The Morgan fingerprint density at radius 2 is 1.90 bits per heavy atom. The highest BCUT2D eigenvalue weighted by Gasteiger charge is 2.35. The van der Waals surface area contributed by atoms with Gasteiger partial charge in [-0.15, -0.1) is 0 Å². The molecule has 4 atom stereocenters. The zero-order valence-corrected chi connectivity index (χ0v) is 22.7. The maximum Gasteiger partial charge on any atom is 0.277 e. The fourth-order valence-corrected chi connectivity index (χ4v) is 6.55. The number of halogens is 2. The lowest BCUT2D eigenvalue weighted by atomic mass is 9.71. The number of carbonyl (C=O) groups is 1. The van der Waals surface area contributed by atoms with Gasteiger partial charge in [0.25, 0.3) is 5.91 Å². The van der Waals surface area contributed by atoms with Gasteiger partial charge in [-0.1, -0.05) is 25.2 Å². The second kappa shape index (κ2) is 10.9. The van der Waals surface area contributed by atoms with Gasteiger partial charge in [0.15, 0.2) is 5.69 Å².